The summed E-state index contributed by atoms with van der Waals surface area (Å²) in [6, 6.07) is 5.27. The lowest BCUT2D eigenvalue weighted by molar-refractivity contribution is -0.138. The normalized spacial score (nSPS) is 19.0. The van der Waals surface area contributed by atoms with Crippen molar-refractivity contribution >= 4 is 23.3 Å². The van der Waals surface area contributed by atoms with Crippen molar-refractivity contribution in [3.05, 3.63) is 28.8 Å². The lowest BCUT2D eigenvalue weighted by Gasteiger charge is -2.28. The molecular weight excluding hydrogens is 226 g/mol. The number of halogens is 1. The van der Waals surface area contributed by atoms with E-state index < -0.39 is 12.0 Å². The van der Waals surface area contributed by atoms with Crippen molar-refractivity contribution < 1.29 is 9.90 Å². The molecule has 1 aromatic rings. The van der Waals surface area contributed by atoms with Gasteiger partial charge >= 0.3 is 5.97 Å². The minimum Gasteiger partial charge on any atom is -0.480 e. The summed E-state index contributed by atoms with van der Waals surface area (Å²) in [6.45, 7) is 4.00. The Kier molecular flexibility index (Phi) is 2.80. The van der Waals surface area contributed by atoms with Crippen LogP contribution in [0.15, 0.2) is 18.2 Å². The highest BCUT2D eigenvalue weighted by molar-refractivity contribution is 6.30. The fourth-order valence-electron chi connectivity index (χ4n) is 2.29. The van der Waals surface area contributed by atoms with Crippen LogP contribution in [0.3, 0.4) is 0 Å². The van der Waals surface area contributed by atoms with E-state index in [0.29, 0.717) is 11.4 Å². The number of carboxylic acids is 1. The Balaban J connectivity index is 2.45. The van der Waals surface area contributed by atoms with Gasteiger partial charge in [-0.25, -0.2) is 4.79 Å². The van der Waals surface area contributed by atoms with Crippen molar-refractivity contribution in [1.82, 2.24) is 0 Å². The molecule has 0 aromatic heterocycles. The summed E-state index contributed by atoms with van der Waals surface area (Å²) in [5.41, 5.74) is 2.01. The molecule has 0 radical (unpaired) electrons. The van der Waals surface area contributed by atoms with E-state index in [9.17, 15) is 9.90 Å². The van der Waals surface area contributed by atoms with Gasteiger partial charge in [-0.05, 0) is 37.6 Å². The lowest BCUT2D eigenvalue weighted by Crippen LogP contribution is -2.42. The van der Waals surface area contributed by atoms with Crippen molar-refractivity contribution in [2.75, 3.05) is 4.90 Å². The first-order valence-corrected chi connectivity index (χ1v) is 5.68. The highest BCUT2D eigenvalue weighted by atomic mass is 35.5. The quantitative estimate of drug-likeness (QED) is 0.862. The molecule has 4 heteroatoms. The fourth-order valence-corrected chi connectivity index (χ4v) is 2.48. The van der Waals surface area contributed by atoms with Crippen LogP contribution in [0, 0.1) is 0 Å². The van der Waals surface area contributed by atoms with E-state index in [2.05, 4.69) is 0 Å². The third-order valence-corrected chi connectivity index (χ3v) is 3.15. The molecule has 0 fully saturated rings. The van der Waals surface area contributed by atoms with E-state index in [4.69, 9.17) is 11.6 Å². The summed E-state index contributed by atoms with van der Waals surface area (Å²) >= 11 is 5.91. The van der Waals surface area contributed by atoms with Gasteiger partial charge in [0.1, 0.15) is 6.04 Å². The molecule has 2 rings (SSSR count). The SMILES string of the molecule is CC(C)N1c2ccc(Cl)cc2CC1C(=O)O. The summed E-state index contributed by atoms with van der Waals surface area (Å²) in [6.07, 6.45) is 0.531. The molecule has 0 saturated carbocycles. The van der Waals surface area contributed by atoms with Gasteiger partial charge in [0.15, 0.2) is 0 Å². The van der Waals surface area contributed by atoms with Gasteiger partial charge in [0.2, 0.25) is 0 Å². The third-order valence-electron chi connectivity index (χ3n) is 2.91. The smallest absolute Gasteiger partial charge is 0.326 e. The second-order valence-electron chi connectivity index (χ2n) is 4.33. The molecular formula is C12H14ClNO2. The van der Waals surface area contributed by atoms with Crippen LogP contribution in [0.1, 0.15) is 19.4 Å². The number of carboxylic acid groups (broad SMARTS) is 1. The van der Waals surface area contributed by atoms with Gasteiger partial charge in [0, 0.05) is 23.2 Å². The zero-order chi connectivity index (χ0) is 11.9. The fraction of sp³-hybridized carbons (Fsp3) is 0.417. The van der Waals surface area contributed by atoms with Crippen LogP contribution in [0.25, 0.3) is 0 Å². The maximum Gasteiger partial charge on any atom is 0.326 e. The average molecular weight is 240 g/mol. The van der Waals surface area contributed by atoms with Crippen LogP contribution in [-0.2, 0) is 11.2 Å². The summed E-state index contributed by atoms with van der Waals surface area (Å²) in [5, 5.41) is 9.86. The number of nitrogens with zero attached hydrogens (tertiary/aromatic N) is 1. The molecule has 1 unspecified atom stereocenters. The van der Waals surface area contributed by atoms with E-state index in [1.807, 2.05) is 30.9 Å². The van der Waals surface area contributed by atoms with E-state index in [-0.39, 0.29) is 6.04 Å². The summed E-state index contributed by atoms with van der Waals surface area (Å²) in [7, 11) is 0. The first-order chi connectivity index (χ1) is 7.50. The number of aliphatic carboxylic acids is 1. The molecule has 0 aliphatic carbocycles. The van der Waals surface area contributed by atoms with Gasteiger partial charge in [-0.2, -0.15) is 0 Å². The Morgan fingerprint density at radius 2 is 2.25 bits per heavy atom. The molecule has 0 saturated heterocycles. The van der Waals surface area contributed by atoms with Crippen LogP contribution in [0.4, 0.5) is 5.69 Å². The topological polar surface area (TPSA) is 40.5 Å². The van der Waals surface area contributed by atoms with Gasteiger partial charge in [-0.1, -0.05) is 11.6 Å². The molecule has 1 aliphatic heterocycles. The van der Waals surface area contributed by atoms with E-state index in [1.54, 1.807) is 6.07 Å². The molecule has 1 aliphatic rings. The molecule has 3 nitrogen and oxygen atoms in total. The molecule has 16 heavy (non-hydrogen) atoms. The highest BCUT2D eigenvalue weighted by Gasteiger charge is 2.35. The predicted octanol–water partition coefficient (Wildman–Crippen LogP) is 2.56. The molecule has 1 N–H and O–H groups in total. The average Bonchev–Trinajstić information content (AvgIpc) is 2.55. The van der Waals surface area contributed by atoms with Gasteiger partial charge < -0.3 is 10.0 Å². The molecule has 1 aromatic carbocycles. The van der Waals surface area contributed by atoms with Crippen LogP contribution in [0.2, 0.25) is 5.02 Å². The minimum atomic E-state index is -0.777. The van der Waals surface area contributed by atoms with Crippen molar-refractivity contribution in [2.45, 2.75) is 32.4 Å². The molecule has 0 spiro atoms. The van der Waals surface area contributed by atoms with Crippen molar-refractivity contribution in [3.63, 3.8) is 0 Å². The Morgan fingerprint density at radius 3 is 2.81 bits per heavy atom. The maximum atomic E-state index is 11.2. The monoisotopic (exact) mass is 239 g/mol. The second-order valence-corrected chi connectivity index (χ2v) is 4.77. The van der Waals surface area contributed by atoms with E-state index >= 15 is 0 Å². The second kappa shape index (κ2) is 3.98. The van der Waals surface area contributed by atoms with Gasteiger partial charge in [-0.15, -0.1) is 0 Å². The number of rotatable bonds is 2. The number of hydrogen-bond donors (Lipinski definition) is 1. The number of fused-ring (bicyclic) bond motifs is 1. The van der Waals surface area contributed by atoms with Crippen molar-refractivity contribution in [2.24, 2.45) is 0 Å². The largest absolute Gasteiger partial charge is 0.480 e. The Bertz CT molecular complexity index is 431. The zero-order valence-corrected chi connectivity index (χ0v) is 10.0. The van der Waals surface area contributed by atoms with Crippen LogP contribution < -0.4 is 4.90 Å². The highest BCUT2D eigenvalue weighted by Crippen LogP contribution is 2.35. The number of hydrogen-bond acceptors (Lipinski definition) is 2. The predicted molar refractivity (Wildman–Crippen MR) is 64.2 cm³/mol. The van der Waals surface area contributed by atoms with Crippen LogP contribution in [-0.4, -0.2) is 23.2 Å². The number of carbonyl (C=O) groups is 1. The molecule has 86 valence electrons. The summed E-state index contributed by atoms with van der Waals surface area (Å²) < 4.78 is 0. The maximum absolute atomic E-state index is 11.2. The van der Waals surface area contributed by atoms with E-state index in [0.717, 1.165) is 11.3 Å². The van der Waals surface area contributed by atoms with Crippen LogP contribution in [0.5, 0.6) is 0 Å². The van der Waals surface area contributed by atoms with E-state index in [1.165, 1.54) is 0 Å². The van der Waals surface area contributed by atoms with Gasteiger partial charge in [0.25, 0.3) is 0 Å². The number of anilines is 1. The standard InChI is InChI=1S/C12H14ClNO2/c1-7(2)14-10-4-3-9(13)5-8(10)6-11(14)12(15)16/h3-5,7,11H,6H2,1-2H3,(H,15,16). The summed E-state index contributed by atoms with van der Waals surface area (Å²) in [4.78, 5) is 13.1. The Morgan fingerprint density at radius 1 is 1.56 bits per heavy atom. The first-order valence-electron chi connectivity index (χ1n) is 5.30. The first kappa shape index (κ1) is 11.3. The molecule has 1 atom stereocenters. The number of benzene rings is 1. The summed E-state index contributed by atoms with van der Waals surface area (Å²) in [5.74, 6) is -0.777. The molecule has 0 bridgehead atoms. The zero-order valence-electron chi connectivity index (χ0n) is 9.27. The molecule has 1 heterocycles. The lowest BCUT2D eigenvalue weighted by atomic mass is 10.1. The minimum absolute atomic E-state index is 0.170. The third kappa shape index (κ3) is 1.76. The molecule has 0 amide bonds. The Labute approximate surface area is 99.6 Å². The van der Waals surface area contributed by atoms with Gasteiger partial charge in [0.05, 0.1) is 0 Å². The Hall–Kier alpha value is -1.22. The van der Waals surface area contributed by atoms with Crippen LogP contribution >= 0.6 is 11.6 Å². The van der Waals surface area contributed by atoms with Crippen molar-refractivity contribution in [3.8, 4) is 0 Å². The van der Waals surface area contributed by atoms with Crippen molar-refractivity contribution in [1.29, 1.82) is 0 Å². The van der Waals surface area contributed by atoms with Gasteiger partial charge in [-0.3, -0.25) is 0 Å².